The SMILES string of the molecule is CC1SN(C(=O)Nc2ccc(Cl)c(Cl)c2)C=C1Br. The fourth-order valence-corrected chi connectivity index (χ4v) is 3.03. The summed E-state index contributed by atoms with van der Waals surface area (Å²) in [6.07, 6.45) is 1.75. The molecule has 1 heterocycles. The van der Waals surface area contributed by atoms with Crippen molar-refractivity contribution in [2.75, 3.05) is 5.32 Å². The second-order valence-electron chi connectivity index (χ2n) is 3.65. The third-order valence-corrected chi connectivity index (χ3v) is 5.27. The molecule has 1 aliphatic rings. The number of hydrogen-bond donors (Lipinski definition) is 1. The number of nitrogens with one attached hydrogen (secondary N) is 1. The van der Waals surface area contributed by atoms with Crippen molar-refractivity contribution < 1.29 is 4.79 Å². The molecule has 1 aromatic carbocycles. The van der Waals surface area contributed by atoms with Crippen LogP contribution in [0.5, 0.6) is 0 Å². The molecule has 7 heteroatoms. The largest absolute Gasteiger partial charge is 0.336 e. The summed E-state index contributed by atoms with van der Waals surface area (Å²) in [5, 5.41) is 3.86. The molecular weight excluding hydrogens is 359 g/mol. The van der Waals surface area contributed by atoms with Crippen molar-refractivity contribution in [3.63, 3.8) is 0 Å². The summed E-state index contributed by atoms with van der Waals surface area (Å²) >= 11 is 16.5. The van der Waals surface area contributed by atoms with Gasteiger partial charge in [0.2, 0.25) is 0 Å². The highest BCUT2D eigenvalue weighted by Crippen LogP contribution is 2.35. The van der Waals surface area contributed by atoms with Crippen LogP contribution in [0.3, 0.4) is 0 Å². The molecule has 2 amide bonds. The van der Waals surface area contributed by atoms with Crippen molar-refractivity contribution in [2.24, 2.45) is 0 Å². The second kappa shape index (κ2) is 5.74. The zero-order chi connectivity index (χ0) is 13.3. The number of urea groups is 1. The van der Waals surface area contributed by atoms with Gasteiger partial charge in [0.25, 0.3) is 0 Å². The van der Waals surface area contributed by atoms with Crippen LogP contribution in [0.25, 0.3) is 0 Å². The van der Waals surface area contributed by atoms with Crippen LogP contribution in [0.1, 0.15) is 6.92 Å². The number of amides is 2. The third-order valence-electron chi connectivity index (χ3n) is 2.27. The highest BCUT2D eigenvalue weighted by Gasteiger charge is 2.24. The van der Waals surface area contributed by atoms with Crippen molar-refractivity contribution in [3.05, 3.63) is 38.9 Å². The molecule has 0 radical (unpaired) electrons. The van der Waals surface area contributed by atoms with Crippen molar-refractivity contribution in [3.8, 4) is 0 Å². The topological polar surface area (TPSA) is 32.3 Å². The van der Waals surface area contributed by atoms with Gasteiger partial charge < -0.3 is 5.32 Å². The molecule has 0 saturated heterocycles. The molecule has 0 bridgehead atoms. The minimum atomic E-state index is -0.223. The summed E-state index contributed by atoms with van der Waals surface area (Å²) in [6.45, 7) is 2.01. The number of hydrogen-bond acceptors (Lipinski definition) is 2. The van der Waals surface area contributed by atoms with Gasteiger partial charge in [0, 0.05) is 16.4 Å². The Morgan fingerprint density at radius 3 is 2.72 bits per heavy atom. The number of benzene rings is 1. The molecule has 96 valence electrons. The van der Waals surface area contributed by atoms with Crippen LogP contribution >= 0.6 is 51.1 Å². The van der Waals surface area contributed by atoms with Crippen molar-refractivity contribution in [1.82, 2.24) is 4.31 Å². The molecule has 1 N–H and O–H groups in total. The molecule has 0 aromatic heterocycles. The van der Waals surface area contributed by atoms with Crippen molar-refractivity contribution in [1.29, 1.82) is 0 Å². The number of carbonyl (C=O) groups is 1. The standard InChI is InChI=1S/C11H9BrCl2N2OS/c1-6-8(12)5-16(18-6)11(17)15-7-2-3-9(13)10(14)4-7/h2-6H,1H3,(H,15,17). The Morgan fingerprint density at radius 2 is 2.17 bits per heavy atom. The number of carbonyl (C=O) groups excluding carboxylic acids is 1. The Labute approximate surface area is 128 Å². The Balaban J connectivity index is 2.06. The fraction of sp³-hybridized carbons (Fsp3) is 0.182. The van der Waals surface area contributed by atoms with Gasteiger partial charge in [-0.2, -0.15) is 0 Å². The Bertz CT molecular complexity index is 524. The lowest BCUT2D eigenvalue weighted by Crippen LogP contribution is -2.23. The molecule has 0 fully saturated rings. The van der Waals surface area contributed by atoms with E-state index >= 15 is 0 Å². The molecule has 1 aromatic rings. The fourth-order valence-electron chi connectivity index (χ4n) is 1.33. The lowest BCUT2D eigenvalue weighted by atomic mass is 10.3. The van der Waals surface area contributed by atoms with E-state index in [4.69, 9.17) is 23.2 Å². The van der Waals surface area contributed by atoms with Crippen LogP contribution in [0, 0.1) is 0 Å². The average Bonchev–Trinajstić information content (AvgIpc) is 2.65. The Kier molecular flexibility index (Phi) is 4.48. The van der Waals surface area contributed by atoms with E-state index in [0.717, 1.165) is 4.48 Å². The maximum Gasteiger partial charge on any atom is 0.336 e. The molecule has 0 spiro atoms. The molecular formula is C11H9BrCl2N2OS. The maximum atomic E-state index is 12.0. The van der Waals surface area contributed by atoms with E-state index in [9.17, 15) is 4.79 Å². The summed E-state index contributed by atoms with van der Waals surface area (Å²) in [5.41, 5.74) is 0.610. The molecule has 18 heavy (non-hydrogen) atoms. The third kappa shape index (κ3) is 3.15. The van der Waals surface area contributed by atoms with E-state index in [2.05, 4.69) is 21.2 Å². The minimum Gasteiger partial charge on any atom is -0.307 e. The zero-order valence-electron chi connectivity index (χ0n) is 9.28. The second-order valence-corrected chi connectivity index (χ2v) is 6.69. The van der Waals surface area contributed by atoms with Gasteiger partial charge in [0.05, 0.1) is 15.3 Å². The van der Waals surface area contributed by atoms with Crippen molar-refractivity contribution >= 4 is 62.8 Å². The summed E-state index contributed by atoms with van der Waals surface area (Å²) in [4.78, 5) is 12.0. The van der Waals surface area contributed by atoms with Gasteiger partial charge >= 0.3 is 6.03 Å². The lowest BCUT2D eigenvalue weighted by molar-refractivity contribution is 0.245. The normalized spacial score (nSPS) is 18.8. The first-order valence-electron chi connectivity index (χ1n) is 5.06. The van der Waals surface area contributed by atoms with Gasteiger partial charge in [-0.25, -0.2) is 9.10 Å². The zero-order valence-corrected chi connectivity index (χ0v) is 13.2. The van der Waals surface area contributed by atoms with Gasteiger partial charge in [0.1, 0.15) is 0 Å². The lowest BCUT2D eigenvalue weighted by Gasteiger charge is -2.14. The summed E-state index contributed by atoms with van der Waals surface area (Å²) in [6, 6.07) is 4.74. The Hall–Kier alpha value is -0.360. The van der Waals surface area contributed by atoms with E-state index in [1.165, 1.54) is 16.3 Å². The Morgan fingerprint density at radius 1 is 1.44 bits per heavy atom. The van der Waals surface area contributed by atoms with Gasteiger partial charge in [0.15, 0.2) is 0 Å². The highest BCUT2D eigenvalue weighted by molar-refractivity contribution is 9.12. The predicted molar refractivity (Wildman–Crippen MR) is 81.4 cm³/mol. The number of rotatable bonds is 1. The highest BCUT2D eigenvalue weighted by atomic mass is 79.9. The van der Waals surface area contributed by atoms with Crippen LogP contribution < -0.4 is 5.32 Å². The number of halogens is 3. The van der Waals surface area contributed by atoms with E-state index in [1.807, 2.05) is 6.92 Å². The van der Waals surface area contributed by atoms with E-state index < -0.39 is 0 Å². The van der Waals surface area contributed by atoms with Crippen LogP contribution in [0.15, 0.2) is 28.9 Å². The number of nitrogens with zero attached hydrogens (tertiary/aromatic N) is 1. The minimum absolute atomic E-state index is 0.223. The molecule has 0 aliphatic carbocycles. The molecule has 1 atom stereocenters. The van der Waals surface area contributed by atoms with Crippen LogP contribution in [0.2, 0.25) is 10.0 Å². The quantitative estimate of drug-likeness (QED) is 0.699. The summed E-state index contributed by atoms with van der Waals surface area (Å²) in [5.74, 6) is 0. The van der Waals surface area contributed by atoms with Crippen LogP contribution in [-0.2, 0) is 0 Å². The van der Waals surface area contributed by atoms with Gasteiger partial charge in [-0.05, 0) is 37.1 Å². The maximum absolute atomic E-state index is 12.0. The monoisotopic (exact) mass is 366 g/mol. The van der Waals surface area contributed by atoms with Gasteiger partial charge in [-0.1, -0.05) is 39.1 Å². The molecule has 3 nitrogen and oxygen atoms in total. The van der Waals surface area contributed by atoms with Gasteiger partial charge in [-0.15, -0.1) is 0 Å². The van der Waals surface area contributed by atoms with Crippen LogP contribution in [-0.4, -0.2) is 15.6 Å². The van der Waals surface area contributed by atoms with Crippen molar-refractivity contribution in [2.45, 2.75) is 12.2 Å². The van der Waals surface area contributed by atoms with Gasteiger partial charge in [-0.3, -0.25) is 0 Å². The average molecular weight is 368 g/mol. The van der Waals surface area contributed by atoms with E-state index in [-0.39, 0.29) is 11.3 Å². The van der Waals surface area contributed by atoms with E-state index in [1.54, 1.807) is 24.4 Å². The first kappa shape index (κ1) is 14.1. The summed E-state index contributed by atoms with van der Waals surface area (Å²) in [7, 11) is 0. The van der Waals surface area contributed by atoms with Crippen LogP contribution in [0.4, 0.5) is 10.5 Å². The molecule has 1 unspecified atom stereocenters. The predicted octanol–water partition coefficient (Wildman–Crippen LogP) is 5.11. The molecule has 2 rings (SSSR count). The first-order valence-corrected chi connectivity index (χ1v) is 7.45. The smallest absolute Gasteiger partial charge is 0.307 e. The summed E-state index contributed by atoms with van der Waals surface area (Å²) < 4.78 is 2.52. The molecule has 1 aliphatic heterocycles. The molecule has 0 saturated carbocycles. The first-order chi connectivity index (χ1) is 8.47. The van der Waals surface area contributed by atoms with E-state index in [0.29, 0.717) is 15.7 Å². The number of anilines is 1.